The van der Waals surface area contributed by atoms with Crippen molar-refractivity contribution < 1.29 is 31.5 Å². The Balaban J connectivity index is 1.35. The lowest BCUT2D eigenvalue weighted by atomic mass is 10.0. The number of hydrogen-bond acceptors (Lipinski definition) is 6. The lowest BCUT2D eigenvalue weighted by Crippen LogP contribution is -2.35. The van der Waals surface area contributed by atoms with Crippen molar-refractivity contribution in [3.05, 3.63) is 124 Å². The van der Waals surface area contributed by atoms with Crippen LogP contribution in [0.2, 0.25) is 5.02 Å². The molecule has 4 aromatic rings. The minimum absolute atomic E-state index is 0.0104. The van der Waals surface area contributed by atoms with E-state index in [9.17, 15) is 31.5 Å². The number of halogens is 1. The van der Waals surface area contributed by atoms with Gasteiger partial charge in [-0.15, -0.1) is 0 Å². The Morgan fingerprint density at radius 1 is 0.889 bits per heavy atom. The molecule has 0 aromatic heterocycles. The van der Waals surface area contributed by atoms with Crippen molar-refractivity contribution in [3.63, 3.8) is 0 Å². The van der Waals surface area contributed by atoms with Gasteiger partial charge in [0.15, 0.2) is 0 Å². The average Bonchev–Trinajstić information content (AvgIpc) is 3.04. The number of fused-ring (bicyclic) bond motifs is 1. The molecule has 0 saturated carbocycles. The van der Waals surface area contributed by atoms with Crippen LogP contribution >= 0.6 is 11.6 Å². The minimum atomic E-state index is -4.25. The summed E-state index contributed by atoms with van der Waals surface area (Å²) >= 11 is 6.47. The molecule has 13 heteroatoms. The van der Waals surface area contributed by atoms with Crippen molar-refractivity contribution >= 4 is 49.2 Å². The summed E-state index contributed by atoms with van der Waals surface area (Å²) in [6, 6.07) is 24.2. The van der Waals surface area contributed by atoms with E-state index >= 15 is 0 Å². The van der Waals surface area contributed by atoms with Gasteiger partial charge in [-0.2, -0.15) is 4.31 Å². The van der Waals surface area contributed by atoms with Gasteiger partial charge in [-0.05, 0) is 65.9 Å². The Kier molecular flexibility index (Phi) is 9.42. The molecule has 0 aliphatic carbocycles. The summed E-state index contributed by atoms with van der Waals surface area (Å²) in [5, 5.41) is 11.8. The van der Waals surface area contributed by atoms with E-state index in [1.807, 2.05) is 54.6 Å². The number of benzene rings is 4. The van der Waals surface area contributed by atoms with E-state index in [-0.39, 0.29) is 34.3 Å². The van der Waals surface area contributed by atoms with E-state index in [4.69, 9.17) is 11.6 Å². The zero-order valence-electron chi connectivity index (χ0n) is 24.2. The van der Waals surface area contributed by atoms with Gasteiger partial charge < -0.3 is 10.4 Å². The monoisotopic (exact) mass is 667 g/mol. The number of hydrogen-bond donors (Lipinski definition) is 2. The number of carbonyl (C=O) groups is 2. The summed E-state index contributed by atoms with van der Waals surface area (Å²) in [5.41, 5.74) is 2.40. The number of rotatable bonds is 10. The number of anilines is 1. The molecule has 0 atom stereocenters. The summed E-state index contributed by atoms with van der Waals surface area (Å²) in [7, 11) is -6.73. The maximum absolute atomic E-state index is 13.5. The number of carboxylic acid groups (broad SMARTS) is 1. The molecule has 1 amide bonds. The normalized spacial score (nSPS) is 13.8. The molecule has 0 unspecified atom stereocenters. The number of nitrogens with zero attached hydrogens (tertiary/aromatic N) is 2. The Bertz CT molecular complexity index is 1970. The second-order valence-corrected chi connectivity index (χ2v) is 14.9. The molecule has 4 aromatic carbocycles. The molecule has 0 spiro atoms. The highest BCUT2D eigenvalue weighted by atomic mass is 35.5. The van der Waals surface area contributed by atoms with Gasteiger partial charge in [0.2, 0.25) is 20.0 Å². The van der Waals surface area contributed by atoms with Crippen LogP contribution in [0, 0.1) is 0 Å². The van der Waals surface area contributed by atoms with Crippen LogP contribution in [0.3, 0.4) is 0 Å². The summed E-state index contributed by atoms with van der Waals surface area (Å²) in [6.07, 6.45) is 1.000. The van der Waals surface area contributed by atoms with Gasteiger partial charge in [0.05, 0.1) is 21.2 Å². The van der Waals surface area contributed by atoms with Crippen LogP contribution < -0.4 is 5.32 Å². The fourth-order valence-electron chi connectivity index (χ4n) is 5.02. The van der Waals surface area contributed by atoms with Gasteiger partial charge in [-0.1, -0.05) is 66.2 Å². The summed E-state index contributed by atoms with van der Waals surface area (Å²) in [5.74, 6) is -2.16. The highest BCUT2D eigenvalue weighted by molar-refractivity contribution is 7.89. The van der Waals surface area contributed by atoms with E-state index in [1.54, 1.807) is 0 Å². The molecule has 0 fully saturated rings. The van der Waals surface area contributed by atoms with Gasteiger partial charge in [0.25, 0.3) is 5.91 Å². The van der Waals surface area contributed by atoms with Crippen molar-refractivity contribution in [1.29, 1.82) is 0 Å². The first-order valence-electron chi connectivity index (χ1n) is 13.9. The second-order valence-electron chi connectivity index (χ2n) is 10.5. The quantitative estimate of drug-likeness (QED) is 0.245. The molecule has 2 N–H and O–H groups in total. The van der Waals surface area contributed by atoms with Gasteiger partial charge in [-0.3, -0.25) is 4.79 Å². The number of aromatic carboxylic acids is 1. The molecule has 0 saturated heterocycles. The first kappa shape index (κ1) is 32.3. The molecule has 1 aliphatic rings. The summed E-state index contributed by atoms with van der Waals surface area (Å²) < 4.78 is 56.0. The topological polar surface area (TPSA) is 141 Å². The summed E-state index contributed by atoms with van der Waals surface area (Å²) in [4.78, 5) is 24.6. The third-order valence-electron chi connectivity index (χ3n) is 7.63. The molecular formula is C32H30ClN3O7S2. The Morgan fingerprint density at radius 2 is 1.53 bits per heavy atom. The predicted octanol–water partition coefficient (Wildman–Crippen LogP) is 4.90. The zero-order chi connectivity index (χ0) is 32.4. The average molecular weight is 668 g/mol. The van der Waals surface area contributed by atoms with Gasteiger partial charge in [0.1, 0.15) is 4.90 Å². The van der Waals surface area contributed by atoms with Crippen molar-refractivity contribution in [3.8, 4) is 0 Å². The van der Waals surface area contributed by atoms with Crippen LogP contribution in [-0.4, -0.2) is 62.6 Å². The van der Waals surface area contributed by atoms with Gasteiger partial charge in [-0.25, -0.2) is 25.9 Å². The third-order valence-corrected chi connectivity index (χ3v) is 11.9. The number of nitrogens with one attached hydrogen (secondary N) is 1. The van der Waals surface area contributed by atoms with Gasteiger partial charge >= 0.3 is 5.97 Å². The highest BCUT2D eigenvalue weighted by Crippen LogP contribution is 2.34. The lowest BCUT2D eigenvalue weighted by molar-refractivity contribution is 0.0696. The van der Waals surface area contributed by atoms with Gasteiger partial charge in [0, 0.05) is 32.2 Å². The van der Waals surface area contributed by atoms with Crippen LogP contribution in [0.15, 0.2) is 101 Å². The molecule has 1 aliphatic heterocycles. The van der Waals surface area contributed by atoms with Crippen molar-refractivity contribution in [2.75, 3.05) is 25.5 Å². The number of carbonyl (C=O) groups excluding carboxylic acids is 1. The molecule has 0 radical (unpaired) electrons. The first-order chi connectivity index (χ1) is 21.4. The van der Waals surface area contributed by atoms with Crippen LogP contribution in [0.4, 0.5) is 5.69 Å². The van der Waals surface area contributed by atoms with E-state index < -0.39 is 42.4 Å². The highest BCUT2D eigenvalue weighted by Gasteiger charge is 2.30. The van der Waals surface area contributed by atoms with Crippen LogP contribution in [0.25, 0.3) is 0 Å². The molecule has 45 heavy (non-hydrogen) atoms. The maximum atomic E-state index is 13.5. The van der Waals surface area contributed by atoms with E-state index in [2.05, 4.69) is 5.32 Å². The van der Waals surface area contributed by atoms with Crippen molar-refractivity contribution in [1.82, 2.24) is 8.61 Å². The summed E-state index contributed by atoms with van der Waals surface area (Å²) in [6.45, 7) is 0.666. The number of likely N-dealkylation sites (N-methyl/N-ethyl adjacent to an activating group) is 1. The standard InChI is InChI=1S/C32H30ClN3O7S2/c1-35(17-15-22-7-3-2-4-8-22)45(42,43)29-20-26(32(38)39)19-28(30(29)33)34-31(37)24-11-13-27(14-12-24)44(40,41)36-18-16-23-9-5-6-10-25(23)21-36/h2-14,19-20H,15-18,21H2,1H3,(H,34,37)(H,38,39). The van der Waals surface area contributed by atoms with Crippen LogP contribution in [-0.2, 0) is 39.4 Å². The van der Waals surface area contributed by atoms with E-state index in [0.717, 1.165) is 33.1 Å². The van der Waals surface area contributed by atoms with Crippen LogP contribution in [0.5, 0.6) is 0 Å². The number of sulfonamides is 2. The molecular weight excluding hydrogens is 638 g/mol. The predicted molar refractivity (Wildman–Crippen MR) is 171 cm³/mol. The minimum Gasteiger partial charge on any atom is -0.478 e. The maximum Gasteiger partial charge on any atom is 0.335 e. The fourth-order valence-corrected chi connectivity index (χ4v) is 8.16. The SMILES string of the molecule is CN(CCc1ccccc1)S(=O)(=O)c1cc(C(=O)O)cc(NC(=O)c2ccc(S(=O)(=O)N3CCc4ccccc4C3)cc2)c1Cl. The second kappa shape index (κ2) is 13.1. The van der Waals surface area contributed by atoms with Crippen molar-refractivity contribution in [2.45, 2.75) is 29.2 Å². The van der Waals surface area contributed by atoms with E-state index in [0.29, 0.717) is 19.4 Å². The molecule has 10 nitrogen and oxygen atoms in total. The van der Waals surface area contributed by atoms with Crippen molar-refractivity contribution in [2.24, 2.45) is 0 Å². The Morgan fingerprint density at radius 3 is 2.20 bits per heavy atom. The number of amides is 1. The zero-order valence-corrected chi connectivity index (χ0v) is 26.6. The Hall–Kier alpha value is -4.07. The molecule has 5 rings (SSSR count). The fraction of sp³-hybridized carbons (Fsp3) is 0.188. The lowest BCUT2D eigenvalue weighted by Gasteiger charge is -2.28. The Labute approximate surface area is 267 Å². The third kappa shape index (κ3) is 6.95. The largest absolute Gasteiger partial charge is 0.478 e. The van der Waals surface area contributed by atoms with Crippen LogP contribution in [0.1, 0.15) is 37.4 Å². The molecule has 234 valence electrons. The molecule has 0 bridgehead atoms. The smallest absolute Gasteiger partial charge is 0.335 e. The molecule has 1 heterocycles. The van der Waals surface area contributed by atoms with E-state index in [1.165, 1.54) is 35.6 Å². The first-order valence-corrected chi connectivity index (χ1v) is 17.2. The number of carboxylic acids is 1.